The molecule has 0 saturated carbocycles. The van der Waals surface area contributed by atoms with Crippen molar-refractivity contribution < 1.29 is 23.2 Å². The summed E-state index contributed by atoms with van der Waals surface area (Å²) in [6, 6.07) is 22.7. The van der Waals surface area contributed by atoms with Crippen LogP contribution in [0.15, 0.2) is 84.9 Å². The maximum absolute atomic E-state index is 14.2. The zero-order valence-corrected chi connectivity index (χ0v) is 21.2. The summed E-state index contributed by atoms with van der Waals surface area (Å²) in [7, 11) is 0. The number of hydrogen-bond donors (Lipinski definition) is 1. The first-order chi connectivity index (χ1) is 19.0. The predicted molar refractivity (Wildman–Crippen MR) is 140 cm³/mol. The Bertz CT molecular complexity index is 1310. The third-order valence-electron chi connectivity index (χ3n) is 7.05. The number of hydrazine groups is 1. The number of urea groups is 1. The van der Waals surface area contributed by atoms with Crippen LogP contribution in [0.3, 0.4) is 0 Å². The van der Waals surface area contributed by atoms with Gasteiger partial charge in [0.25, 0.3) is 0 Å². The van der Waals surface area contributed by atoms with E-state index in [4.69, 9.17) is 0 Å². The molecule has 8 nitrogen and oxygen atoms in total. The summed E-state index contributed by atoms with van der Waals surface area (Å²) in [5.41, 5.74) is 2.32. The molecule has 3 aromatic rings. The van der Waals surface area contributed by atoms with E-state index in [1.807, 2.05) is 36.4 Å². The Morgan fingerprint density at radius 2 is 1.56 bits per heavy atom. The molecule has 1 N–H and O–H groups in total. The Hall–Kier alpha value is -4.31. The van der Waals surface area contributed by atoms with Gasteiger partial charge in [0.15, 0.2) is 6.80 Å². The van der Waals surface area contributed by atoms with Crippen molar-refractivity contribution in [2.45, 2.75) is 25.2 Å². The number of alkyl halides is 1. The Morgan fingerprint density at radius 3 is 2.23 bits per heavy atom. The van der Waals surface area contributed by atoms with Gasteiger partial charge in [-0.25, -0.2) is 18.6 Å². The molecular weight excluding hydrogens is 504 g/mol. The molecule has 0 aliphatic carbocycles. The highest BCUT2D eigenvalue weighted by atomic mass is 19.1. The van der Waals surface area contributed by atoms with Crippen molar-refractivity contribution in [3.63, 3.8) is 0 Å². The first-order valence-electron chi connectivity index (χ1n) is 12.8. The largest absolute Gasteiger partial charge is 0.336 e. The number of piperazine rings is 1. The molecule has 4 amide bonds. The van der Waals surface area contributed by atoms with E-state index in [1.165, 1.54) is 22.0 Å². The smallest absolute Gasteiger partial charge is 0.334 e. The maximum Gasteiger partial charge on any atom is 0.334 e. The Labute approximate surface area is 225 Å². The van der Waals surface area contributed by atoms with Crippen LogP contribution >= 0.6 is 0 Å². The summed E-state index contributed by atoms with van der Waals surface area (Å²) in [6.45, 7) is -0.979. The molecule has 0 aromatic heterocycles. The van der Waals surface area contributed by atoms with Crippen molar-refractivity contribution in [2.75, 3.05) is 26.4 Å². The van der Waals surface area contributed by atoms with E-state index < -0.39 is 43.3 Å². The highest BCUT2D eigenvalue weighted by Crippen LogP contribution is 2.34. The topological polar surface area (TPSA) is 76.2 Å². The van der Waals surface area contributed by atoms with Crippen LogP contribution in [0, 0.1) is 5.82 Å². The Kier molecular flexibility index (Phi) is 7.83. The fraction of sp³-hybridized carbons (Fsp3) is 0.276. The molecule has 0 radical (unpaired) electrons. The van der Waals surface area contributed by atoms with Crippen LogP contribution in [0.2, 0.25) is 0 Å². The van der Waals surface area contributed by atoms with Gasteiger partial charge in [0.05, 0.1) is 6.54 Å². The van der Waals surface area contributed by atoms with E-state index in [1.54, 1.807) is 41.3 Å². The molecule has 2 atom stereocenters. The summed E-state index contributed by atoms with van der Waals surface area (Å²) in [6.07, 6.45) is -0.341. The number of benzene rings is 3. The van der Waals surface area contributed by atoms with E-state index >= 15 is 0 Å². The zero-order chi connectivity index (χ0) is 27.4. The van der Waals surface area contributed by atoms with Crippen LogP contribution in [0.5, 0.6) is 0 Å². The van der Waals surface area contributed by atoms with Crippen molar-refractivity contribution in [3.8, 4) is 0 Å². The number of nitrogens with one attached hydrogen (secondary N) is 1. The lowest BCUT2D eigenvalue weighted by Gasteiger charge is -2.54. The number of fused-ring (bicyclic) bond motifs is 1. The second-order valence-electron chi connectivity index (χ2n) is 9.53. The van der Waals surface area contributed by atoms with Gasteiger partial charge in [-0.2, -0.15) is 5.01 Å². The molecule has 202 valence electrons. The van der Waals surface area contributed by atoms with Crippen molar-refractivity contribution in [1.82, 2.24) is 25.1 Å². The van der Waals surface area contributed by atoms with E-state index in [-0.39, 0.29) is 19.0 Å². The van der Waals surface area contributed by atoms with Crippen LogP contribution in [0.4, 0.5) is 13.6 Å². The minimum Gasteiger partial charge on any atom is -0.336 e. The molecule has 5 rings (SSSR count). The lowest BCUT2D eigenvalue weighted by Crippen LogP contribution is -2.74. The fourth-order valence-electron chi connectivity index (χ4n) is 5.12. The third-order valence-corrected chi connectivity index (χ3v) is 7.05. The number of rotatable bonds is 7. The number of amides is 4. The number of halogens is 2. The lowest BCUT2D eigenvalue weighted by atomic mass is 9.98. The maximum atomic E-state index is 14.2. The third kappa shape index (κ3) is 5.61. The van der Waals surface area contributed by atoms with E-state index in [0.29, 0.717) is 24.1 Å². The van der Waals surface area contributed by atoms with Gasteiger partial charge >= 0.3 is 6.03 Å². The Morgan fingerprint density at radius 1 is 0.897 bits per heavy atom. The molecule has 2 aliphatic heterocycles. The monoisotopic (exact) mass is 533 g/mol. The molecule has 0 bridgehead atoms. The van der Waals surface area contributed by atoms with Gasteiger partial charge < -0.3 is 15.1 Å². The fourth-order valence-corrected chi connectivity index (χ4v) is 5.12. The normalized spacial score (nSPS) is 19.7. The molecule has 0 spiro atoms. The van der Waals surface area contributed by atoms with Crippen molar-refractivity contribution in [3.05, 3.63) is 107 Å². The van der Waals surface area contributed by atoms with E-state index in [0.717, 1.165) is 10.6 Å². The molecule has 2 saturated heterocycles. The van der Waals surface area contributed by atoms with E-state index in [9.17, 15) is 23.2 Å². The molecule has 2 fully saturated rings. The van der Waals surface area contributed by atoms with Gasteiger partial charge in [0.1, 0.15) is 24.6 Å². The molecule has 0 unspecified atom stereocenters. The lowest BCUT2D eigenvalue weighted by molar-refractivity contribution is -0.195. The summed E-state index contributed by atoms with van der Waals surface area (Å²) in [5, 5.41) is 5.00. The SMILES string of the molecule is O=C1[C@H](c2ccccc2)N2C(=O)CN(CF)N(C(=O)NCc3ccc(F)cc3)[C@H]2CN1CCc1ccccc1. The minimum absolute atomic E-state index is 0.0290. The highest BCUT2D eigenvalue weighted by molar-refractivity contribution is 5.92. The molecule has 2 aliphatic rings. The predicted octanol–water partition coefficient (Wildman–Crippen LogP) is 3.48. The minimum atomic E-state index is -1.06. The van der Waals surface area contributed by atoms with Gasteiger partial charge in [-0.05, 0) is 35.2 Å². The quantitative estimate of drug-likeness (QED) is 0.472. The first kappa shape index (κ1) is 26.3. The van der Waals surface area contributed by atoms with Crippen LogP contribution in [-0.4, -0.2) is 70.3 Å². The van der Waals surface area contributed by atoms with Gasteiger partial charge in [-0.3, -0.25) is 9.59 Å². The van der Waals surface area contributed by atoms with Gasteiger partial charge in [-0.1, -0.05) is 72.8 Å². The molecule has 2 heterocycles. The number of hydrogen-bond acceptors (Lipinski definition) is 4. The number of nitrogens with zero attached hydrogens (tertiary/aromatic N) is 4. The van der Waals surface area contributed by atoms with Crippen molar-refractivity contribution in [1.29, 1.82) is 0 Å². The second-order valence-corrected chi connectivity index (χ2v) is 9.53. The van der Waals surface area contributed by atoms with Gasteiger partial charge in [-0.15, -0.1) is 0 Å². The summed E-state index contributed by atoms with van der Waals surface area (Å²) < 4.78 is 27.5. The molecule has 10 heteroatoms. The van der Waals surface area contributed by atoms with Gasteiger partial charge in [0, 0.05) is 13.1 Å². The summed E-state index contributed by atoms with van der Waals surface area (Å²) in [5.74, 6) is -1.08. The van der Waals surface area contributed by atoms with Crippen molar-refractivity contribution in [2.24, 2.45) is 0 Å². The average Bonchev–Trinajstić information content (AvgIpc) is 2.96. The Balaban J connectivity index is 1.45. The van der Waals surface area contributed by atoms with Crippen molar-refractivity contribution >= 4 is 17.8 Å². The van der Waals surface area contributed by atoms with Crippen LogP contribution in [0.25, 0.3) is 0 Å². The first-order valence-corrected chi connectivity index (χ1v) is 12.8. The molecule has 3 aromatic carbocycles. The summed E-state index contributed by atoms with van der Waals surface area (Å²) in [4.78, 5) is 43.7. The van der Waals surface area contributed by atoms with Crippen LogP contribution in [-0.2, 0) is 22.6 Å². The average molecular weight is 534 g/mol. The number of carbonyl (C=O) groups excluding carboxylic acids is 3. The zero-order valence-electron chi connectivity index (χ0n) is 21.2. The van der Waals surface area contributed by atoms with Crippen LogP contribution < -0.4 is 5.32 Å². The van der Waals surface area contributed by atoms with Crippen LogP contribution in [0.1, 0.15) is 22.7 Å². The van der Waals surface area contributed by atoms with E-state index in [2.05, 4.69) is 5.32 Å². The summed E-state index contributed by atoms with van der Waals surface area (Å²) >= 11 is 0. The number of carbonyl (C=O) groups is 3. The molecule has 39 heavy (non-hydrogen) atoms. The molecular formula is C29H29F2N5O3. The highest BCUT2D eigenvalue weighted by Gasteiger charge is 2.51. The standard InChI is InChI=1S/C29H29F2N5O3/c30-20-34-19-26(37)35-25(36(34)29(39)32-17-22-11-13-24(31)14-12-22)18-33(16-15-21-7-3-1-4-8-21)28(38)27(35)23-9-5-2-6-10-23/h1-14,25,27H,15-20H2,(H,32,39)/t25-,27-/m0/s1. The second kappa shape index (κ2) is 11.6. The van der Waals surface area contributed by atoms with Gasteiger partial charge in [0.2, 0.25) is 11.8 Å².